The molecule has 4 nitrogen and oxygen atoms in total. The highest BCUT2D eigenvalue weighted by Crippen LogP contribution is 2.48. The van der Waals surface area contributed by atoms with Gasteiger partial charge in [-0.3, -0.25) is 0 Å². The van der Waals surface area contributed by atoms with Gasteiger partial charge < -0.3 is 19.5 Å². The lowest BCUT2D eigenvalue weighted by Gasteiger charge is -2.35. The Bertz CT molecular complexity index is 3800. The van der Waals surface area contributed by atoms with E-state index in [-0.39, 0.29) is 0 Å². The van der Waals surface area contributed by atoms with Crippen molar-refractivity contribution < 1.29 is 4.42 Å². The van der Waals surface area contributed by atoms with Crippen LogP contribution < -0.4 is 26.0 Å². The second-order valence-corrected chi connectivity index (χ2v) is 18.2. The molecule has 13 rings (SSSR count). The van der Waals surface area contributed by atoms with E-state index >= 15 is 0 Å². The van der Waals surface area contributed by atoms with Crippen LogP contribution in [0.2, 0.25) is 0 Å². The number of benzene rings is 11. The summed E-state index contributed by atoms with van der Waals surface area (Å²) in [6, 6.07) is 95.6. The number of nitrogens with zero attached hydrogens (tertiary/aromatic N) is 2. The first-order chi connectivity index (χ1) is 35.2. The predicted octanol–water partition coefficient (Wildman–Crippen LogP) is 16.6. The molecule has 71 heavy (non-hydrogen) atoms. The Morgan fingerprint density at radius 2 is 0.915 bits per heavy atom. The van der Waals surface area contributed by atoms with E-state index in [1.165, 1.54) is 44.3 Å². The topological polar surface area (TPSA) is 31.6 Å². The van der Waals surface area contributed by atoms with Crippen LogP contribution in [0, 0.1) is 0 Å². The third-order valence-electron chi connectivity index (χ3n) is 13.9. The van der Waals surface area contributed by atoms with Crippen LogP contribution in [0.15, 0.2) is 271 Å². The number of rotatable bonds is 10. The largest absolute Gasteiger partial charge is 0.454 e. The Hall–Kier alpha value is -9.32. The van der Waals surface area contributed by atoms with Gasteiger partial charge in [-0.2, -0.15) is 0 Å². The van der Waals surface area contributed by atoms with Crippen LogP contribution in [0.5, 0.6) is 0 Å². The van der Waals surface area contributed by atoms with Crippen molar-refractivity contribution in [3.05, 3.63) is 267 Å². The van der Waals surface area contributed by atoms with Crippen molar-refractivity contribution >= 4 is 85.6 Å². The number of hydrogen-bond donors (Lipinski definition) is 1. The molecule has 0 atom stereocenters. The highest BCUT2D eigenvalue weighted by Gasteiger charge is 2.33. The average Bonchev–Trinajstić information content (AvgIpc) is 3.83. The van der Waals surface area contributed by atoms with Gasteiger partial charge in [-0.25, -0.2) is 0 Å². The van der Waals surface area contributed by atoms with Gasteiger partial charge >= 0.3 is 0 Å². The summed E-state index contributed by atoms with van der Waals surface area (Å²) in [6.45, 7) is 0. The van der Waals surface area contributed by atoms with Crippen molar-refractivity contribution in [2.45, 2.75) is 0 Å². The normalized spacial score (nSPS) is 11.7. The summed E-state index contributed by atoms with van der Waals surface area (Å²) < 4.78 is 7.08. The molecule has 1 N–H and O–H groups in total. The van der Waals surface area contributed by atoms with Crippen molar-refractivity contribution in [2.75, 3.05) is 15.1 Å². The van der Waals surface area contributed by atoms with Crippen LogP contribution in [-0.2, 0) is 0 Å². The van der Waals surface area contributed by atoms with E-state index in [4.69, 9.17) is 4.42 Å². The molecule has 12 aromatic rings. The summed E-state index contributed by atoms with van der Waals surface area (Å²) in [4.78, 5) is 4.80. The molecule has 0 saturated carbocycles. The molecule has 0 bridgehead atoms. The molecular formula is C66H46BN3O. The molecule has 1 aliphatic heterocycles. The van der Waals surface area contributed by atoms with Crippen molar-refractivity contribution in [1.29, 1.82) is 0 Å². The van der Waals surface area contributed by atoms with Gasteiger partial charge in [0.1, 0.15) is 5.58 Å². The third kappa shape index (κ3) is 7.80. The molecule has 0 spiro atoms. The molecule has 334 valence electrons. The lowest BCUT2D eigenvalue weighted by atomic mass is 9.57. The molecule has 1 aromatic heterocycles. The molecule has 0 radical (unpaired) electrons. The fourth-order valence-corrected chi connectivity index (χ4v) is 10.4. The monoisotopic (exact) mass is 907 g/mol. The molecule has 5 heteroatoms. The van der Waals surface area contributed by atoms with E-state index in [0.29, 0.717) is 7.28 Å². The van der Waals surface area contributed by atoms with Crippen LogP contribution in [0.4, 0.5) is 45.5 Å². The Labute approximate surface area is 414 Å². The number of hydrogen-bond acceptors (Lipinski definition) is 4. The van der Waals surface area contributed by atoms with E-state index in [1.54, 1.807) is 0 Å². The molecular weight excluding hydrogens is 862 g/mol. The van der Waals surface area contributed by atoms with Crippen molar-refractivity contribution in [2.24, 2.45) is 0 Å². The van der Waals surface area contributed by atoms with Crippen LogP contribution in [-0.4, -0.2) is 7.28 Å². The van der Waals surface area contributed by atoms with E-state index in [1.807, 2.05) is 0 Å². The lowest BCUT2D eigenvalue weighted by Crippen LogP contribution is -2.41. The SMILES string of the molecule is B1c2cc(-c3ccccc3)ccc2N(c2ccc(-c3ccccc3)cc2)c2c1c(-c1cc(N(c3ccccc3)c3ccccc3)ccc1Nc1ccc(-c3ccccc3)cc1)cc1c2oc2ccccc21. The average molecular weight is 908 g/mol. The van der Waals surface area contributed by atoms with Gasteiger partial charge in [0.2, 0.25) is 0 Å². The summed E-state index contributed by atoms with van der Waals surface area (Å²) in [7, 11) is 0.683. The van der Waals surface area contributed by atoms with Gasteiger partial charge in [0.15, 0.2) is 12.9 Å². The number of anilines is 8. The van der Waals surface area contributed by atoms with Crippen LogP contribution in [0.25, 0.3) is 66.4 Å². The third-order valence-corrected chi connectivity index (χ3v) is 13.9. The van der Waals surface area contributed by atoms with Crippen molar-refractivity contribution in [3.8, 4) is 44.5 Å². The minimum absolute atomic E-state index is 0.683. The Morgan fingerprint density at radius 1 is 0.394 bits per heavy atom. The first-order valence-corrected chi connectivity index (χ1v) is 24.3. The van der Waals surface area contributed by atoms with Gasteiger partial charge in [0, 0.05) is 56.1 Å². The van der Waals surface area contributed by atoms with Crippen LogP contribution in [0.3, 0.4) is 0 Å². The molecule has 1 aliphatic rings. The zero-order valence-electron chi connectivity index (χ0n) is 38.9. The van der Waals surface area contributed by atoms with Crippen LogP contribution in [0.1, 0.15) is 0 Å². The van der Waals surface area contributed by atoms with Gasteiger partial charge in [0.05, 0.1) is 5.69 Å². The second kappa shape index (κ2) is 18.0. The number of nitrogens with one attached hydrogen (secondary N) is 1. The minimum atomic E-state index is 0.683. The quantitative estimate of drug-likeness (QED) is 0.139. The number of furan rings is 1. The predicted molar refractivity (Wildman–Crippen MR) is 301 cm³/mol. The second-order valence-electron chi connectivity index (χ2n) is 18.2. The summed E-state index contributed by atoms with van der Waals surface area (Å²) in [5.74, 6) is 0. The van der Waals surface area contributed by atoms with E-state index in [2.05, 4.69) is 282 Å². The highest BCUT2D eigenvalue weighted by molar-refractivity contribution is 6.74. The number of fused-ring (bicyclic) bond motifs is 6. The zero-order valence-corrected chi connectivity index (χ0v) is 38.9. The summed E-state index contributed by atoms with van der Waals surface area (Å²) in [5.41, 5.74) is 21.9. The standard InChI is InChI=1S/C66H46BN3O/c1-6-18-45(19-7-1)48-30-35-51(36-31-48)68-61-40-39-55(69(52-24-12-4-13-25-52)53-26-14-5-15-27-53)43-57(61)58-44-59-56-28-16-17-29-63(56)71-66(59)65-64(58)67-60-42-50(47-22-10-3-11-23-47)34-41-62(60)70(65)54-37-32-49(33-38-54)46-20-8-2-9-21-46/h1-44,67-68H. The zero-order chi connectivity index (χ0) is 47.1. The van der Waals surface area contributed by atoms with Crippen molar-refractivity contribution in [3.63, 3.8) is 0 Å². The van der Waals surface area contributed by atoms with E-state index in [0.717, 1.165) is 78.6 Å². The van der Waals surface area contributed by atoms with Gasteiger partial charge in [-0.15, -0.1) is 0 Å². The summed E-state index contributed by atoms with van der Waals surface area (Å²) in [6.07, 6.45) is 0. The van der Waals surface area contributed by atoms with Crippen molar-refractivity contribution in [1.82, 2.24) is 0 Å². The molecule has 0 amide bonds. The Morgan fingerprint density at radius 3 is 1.54 bits per heavy atom. The smallest absolute Gasteiger partial charge is 0.198 e. The van der Waals surface area contributed by atoms with Gasteiger partial charge in [-0.1, -0.05) is 187 Å². The summed E-state index contributed by atoms with van der Waals surface area (Å²) >= 11 is 0. The maximum absolute atomic E-state index is 7.08. The first kappa shape index (κ1) is 41.8. The molecule has 0 fully saturated rings. The van der Waals surface area contributed by atoms with E-state index in [9.17, 15) is 0 Å². The van der Waals surface area contributed by atoms with E-state index < -0.39 is 0 Å². The molecule has 2 heterocycles. The highest BCUT2D eigenvalue weighted by atomic mass is 16.3. The Kier molecular flexibility index (Phi) is 10.6. The summed E-state index contributed by atoms with van der Waals surface area (Å²) in [5, 5.41) is 6.08. The maximum Gasteiger partial charge on any atom is 0.198 e. The Balaban J connectivity index is 1.07. The fourth-order valence-electron chi connectivity index (χ4n) is 10.4. The minimum Gasteiger partial charge on any atom is -0.454 e. The molecule has 0 saturated heterocycles. The first-order valence-electron chi connectivity index (χ1n) is 24.3. The van der Waals surface area contributed by atoms with Gasteiger partial charge in [0.25, 0.3) is 0 Å². The molecule has 0 aliphatic carbocycles. The number of para-hydroxylation sites is 3. The molecule has 11 aromatic carbocycles. The van der Waals surface area contributed by atoms with Gasteiger partial charge in [-0.05, 0) is 129 Å². The molecule has 0 unspecified atom stereocenters. The van der Waals surface area contributed by atoms with Crippen LogP contribution >= 0.6 is 0 Å². The fraction of sp³-hybridized carbons (Fsp3) is 0. The lowest BCUT2D eigenvalue weighted by molar-refractivity contribution is 0.669. The maximum atomic E-state index is 7.08.